The first kappa shape index (κ1) is 25.9. The SMILES string of the molecule is CS(=O)(=O)Nc1ccn(C(=O)N2CCC3(CCCN3Cc3ccc(Cl)cc3N3CC4COCC4C3)CC2)n1. The van der Waals surface area contributed by atoms with Crippen LogP contribution in [0.4, 0.5) is 16.3 Å². The molecule has 2 aromatic rings. The van der Waals surface area contributed by atoms with Gasteiger partial charge in [-0.05, 0) is 49.9 Å². The largest absolute Gasteiger partial charge is 0.381 e. The molecule has 5 heterocycles. The van der Waals surface area contributed by atoms with E-state index >= 15 is 0 Å². The second-order valence-electron chi connectivity index (χ2n) is 11.3. The molecule has 4 fully saturated rings. The van der Waals surface area contributed by atoms with Crippen molar-refractivity contribution < 1.29 is 17.9 Å². The Balaban J connectivity index is 1.13. The summed E-state index contributed by atoms with van der Waals surface area (Å²) < 4.78 is 32.2. The van der Waals surface area contributed by atoms with Crippen molar-refractivity contribution in [2.75, 3.05) is 61.8 Å². The standard InChI is InChI=1S/C26H35ClN6O4S/c1-38(35,36)29-24-5-10-33(28-24)25(34)30-11-7-26(8-12-30)6-2-9-32(26)16-19-3-4-22(27)13-23(19)31-14-20-17-37-18-21(20)15-31/h3-5,10,13,20-21H,2,6-9,11-12,14-18H2,1H3,(H,28,29). The first-order valence-corrected chi connectivity index (χ1v) is 15.6. The van der Waals surface area contributed by atoms with Crippen molar-refractivity contribution in [2.45, 2.75) is 37.8 Å². The summed E-state index contributed by atoms with van der Waals surface area (Å²) in [6, 6.07) is 7.58. The summed E-state index contributed by atoms with van der Waals surface area (Å²) in [7, 11) is -3.45. The van der Waals surface area contributed by atoms with Crippen LogP contribution in [0.5, 0.6) is 0 Å². The van der Waals surface area contributed by atoms with Gasteiger partial charge in [0.25, 0.3) is 0 Å². The van der Waals surface area contributed by atoms with Gasteiger partial charge in [-0.25, -0.2) is 13.2 Å². The van der Waals surface area contributed by atoms with Crippen molar-refractivity contribution in [3.05, 3.63) is 41.0 Å². The summed E-state index contributed by atoms with van der Waals surface area (Å²) in [6.45, 7) is 6.98. The lowest BCUT2D eigenvalue weighted by Crippen LogP contribution is -2.53. The van der Waals surface area contributed by atoms with E-state index in [4.69, 9.17) is 16.3 Å². The number of aromatic nitrogens is 2. The maximum atomic E-state index is 13.1. The molecule has 2 atom stereocenters. The molecule has 1 N–H and O–H groups in total. The Labute approximate surface area is 228 Å². The quantitative estimate of drug-likeness (QED) is 0.598. The first-order chi connectivity index (χ1) is 18.2. The summed E-state index contributed by atoms with van der Waals surface area (Å²) in [6.07, 6.45) is 6.66. The number of sulfonamides is 1. The number of rotatable bonds is 5. The predicted molar refractivity (Wildman–Crippen MR) is 146 cm³/mol. The summed E-state index contributed by atoms with van der Waals surface area (Å²) >= 11 is 6.46. The molecular formula is C26H35ClN6O4S. The zero-order chi connectivity index (χ0) is 26.5. The zero-order valence-corrected chi connectivity index (χ0v) is 23.3. The average molecular weight is 563 g/mol. The maximum Gasteiger partial charge on any atom is 0.344 e. The van der Waals surface area contributed by atoms with E-state index < -0.39 is 10.0 Å². The number of carbonyl (C=O) groups is 1. The Morgan fingerprint density at radius 3 is 2.58 bits per heavy atom. The van der Waals surface area contributed by atoms with Crippen LogP contribution in [0.15, 0.2) is 30.5 Å². The molecule has 0 radical (unpaired) electrons. The van der Waals surface area contributed by atoms with Gasteiger partial charge in [-0.15, -0.1) is 5.10 Å². The van der Waals surface area contributed by atoms with E-state index in [1.165, 1.54) is 28.2 Å². The van der Waals surface area contributed by atoms with Gasteiger partial charge in [-0.1, -0.05) is 17.7 Å². The van der Waals surface area contributed by atoms with Crippen molar-refractivity contribution in [1.29, 1.82) is 0 Å². The van der Waals surface area contributed by atoms with Gasteiger partial charge in [0.2, 0.25) is 10.0 Å². The van der Waals surface area contributed by atoms with E-state index in [0.717, 1.165) is 76.4 Å². The number of benzene rings is 1. The van der Waals surface area contributed by atoms with E-state index in [9.17, 15) is 13.2 Å². The molecule has 4 aliphatic rings. The highest BCUT2D eigenvalue weighted by atomic mass is 35.5. The highest BCUT2D eigenvalue weighted by Gasteiger charge is 2.44. The van der Waals surface area contributed by atoms with Crippen molar-refractivity contribution in [3.8, 4) is 0 Å². The van der Waals surface area contributed by atoms with Crippen LogP contribution in [0.1, 0.15) is 31.2 Å². The third-order valence-electron chi connectivity index (χ3n) is 8.77. The fraction of sp³-hybridized carbons (Fsp3) is 0.615. The Kier molecular flexibility index (Phi) is 6.82. The van der Waals surface area contributed by atoms with Crippen LogP contribution < -0.4 is 9.62 Å². The normalized spacial score (nSPS) is 25.3. The minimum absolute atomic E-state index is 0.0795. The lowest BCUT2D eigenvalue weighted by Gasteiger charge is -2.45. The van der Waals surface area contributed by atoms with Crippen molar-refractivity contribution >= 4 is 39.2 Å². The van der Waals surface area contributed by atoms with Gasteiger partial charge in [0, 0.05) is 73.1 Å². The maximum absolute atomic E-state index is 13.1. The second kappa shape index (κ2) is 10.0. The number of anilines is 2. The van der Waals surface area contributed by atoms with Crippen molar-refractivity contribution in [3.63, 3.8) is 0 Å². The molecule has 10 nitrogen and oxygen atoms in total. The van der Waals surface area contributed by atoms with Gasteiger partial charge >= 0.3 is 6.03 Å². The summed E-state index contributed by atoms with van der Waals surface area (Å²) in [5, 5.41) is 4.88. The van der Waals surface area contributed by atoms with Crippen LogP contribution in [-0.2, 0) is 21.3 Å². The average Bonchev–Trinajstić information content (AvgIpc) is 3.65. The van der Waals surface area contributed by atoms with Gasteiger partial charge in [-0.2, -0.15) is 4.68 Å². The van der Waals surface area contributed by atoms with E-state index in [1.54, 1.807) is 0 Å². The zero-order valence-electron chi connectivity index (χ0n) is 21.7. The minimum atomic E-state index is -3.45. The number of fused-ring (bicyclic) bond motifs is 1. The molecule has 1 spiro atoms. The van der Waals surface area contributed by atoms with Gasteiger partial charge in [0.1, 0.15) is 0 Å². The summed E-state index contributed by atoms with van der Waals surface area (Å²) in [4.78, 5) is 20.0. The van der Waals surface area contributed by atoms with E-state index in [1.807, 2.05) is 11.0 Å². The van der Waals surface area contributed by atoms with Gasteiger partial charge < -0.3 is 14.5 Å². The molecule has 206 valence electrons. The second-order valence-corrected chi connectivity index (χ2v) is 13.5. The highest BCUT2D eigenvalue weighted by molar-refractivity contribution is 7.92. The van der Waals surface area contributed by atoms with Crippen molar-refractivity contribution in [1.82, 2.24) is 19.6 Å². The first-order valence-electron chi connectivity index (χ1n) is 13.4. The van der Waals surface area contributed by atoms with Gasteiger partial charge in [-0.3, -0.25) is 9.62 Å². The Morgan fingerprint density at radius 1 is 1.13 bits per heavy atom. The molecular weight excluding hydrogens is 528 g/mol. The Morgan fingerprint density at radius 2 is 1.87 bits per heavy atom. The number of hydrogen-bond donors (Lipinski definition) is 1. The number of ether oxygens (including phenoxy) is 1. The molecule has 2 unspecified atom stereocenters. The molecule has 1 aromatic carbocycles. The van der Waals surface area contributed by atoms with Crippen LogP contribution >= 0.6 is 11.6 Å². The molecule has 4 aliphatic heterocycles. The number of likely N-dealkylation sites (tertiary alicyclic amines) is 2. The molecule has 1 amide bonds. The van der Waals surface area contributed by atoms with Crippen molar-refractivity contribution in [2.24, 2.45) is 11.8 Å². The fourth-order valence-electron chi connectivity index (χ4n) is 6.80. The molecule has 6 rings (SSSR count). The number of nitrogens with one attached hydrogen (secondary N) is 1. The Bertz CT molecular complexity index is 1300. The molecule has 0 aliphatic carbocycles. The summed E-state index contributed by atoms with van der Waals surface area (Å²) in [5.41, 5.74) is 2.65. The number of carbonyl (C=O) groups excluding carboxylic acids is 1. The predicted octanol–water partition coefficient (Wildman–Crippen LogP) is 3.09. The number of nitrogens with zero attached hydrogens (tertiary/aromatic N) is 5. The third kappa shape index (κ3) is 5.13. The topological polar surface area (TPSA) is 100 Å². The van der Waals surface area contributed by atoms with Crippen LogP contribution in [0.3, 0.4) is 0 Å². The fourth-order valence-corrected chi connectivity index (χ4v) is 7.45. The third-order valence-corrected chi connectivity index (χ3v) is 9.59. The molecule has 0 saturated carbocycles. The van der Waals surface area contributed by atoms with Crippen LogP contribution in [0.25, 0.3) is 0 Å². The number of hydrogen-bond acceptors (Lipinski definition) is 7. The number of piperidine rings is 1. The van der Waals surface area contributed by atoms with Gasteiger partial charge in [0.05, 0.1) is 19.5 Å². The monoisotopic (exact) mass is 562 g/mol. The lowest BCUT2D eigenvalue weighted by molar-refractivity contribution is 0.0585. The highest BCUT2D eigenvalue weighted by Crippen LogP contribution is 2.42. The summed E-state index contributed by atoms with van der Waals surface area (Å²) in [5.74, 6) is 1.36. The molecule has 4 saturated heterocycles. The van der Waals surface area contributed by atoms with E-state index in [2.05, 4.69) is 31.8 Å². The van der Waals surface area contributed by atoms with Gasteiger partial charge in [0.15, 0.2) is 5.82 Å². The number of halogens is 1. The smallest absolute Gasteiger partial charge is 0.344 e. The molecule has 1 aromatic heterocycles. The van der Waals surface area contributed by atoms with E-state index in [0.29, 0.717) is 24.9 Å². The van der Waals surface area contributed by atoms with Crippen LogP contribution in [0.2, 0.25) is 5.02 Å². The lowest BCUT2D eigenvalue weighted by atomic mass is 9.84. The molecule has 38 heavy (non-hydrogen) atoms. The number of amides is 1. The van der Waals surface area contributed by atoms with E-state index in [-0.39, 0.29) is 17.4 Å². The molecule has 0 bridgehead atoms. The van der Waals surface area contributed by atoms with Crippen LogP contribution in [0, 0.1) is 11.8 Å². The molecule has 12 heteroatoms. The van der Waals surface area contributed by atoms with Crippen LogP contribution in [-0.4, -0.2) is 91.8 Å². The Hall–Kier alpha value is -2.34. The minimum Gasteiger partial charge on any atom is -0.381 e.